The van der Waals surface area contributed by atoms with Gasteiger partial charge in [-0.3, -0.25) is 0 Å². The third-order valence-electron chi connectivity index (χ3n) is 3.02. The summed E-state index contributed by atoms with van der Waals surface area (Å²) in [7, 11) is 0. The van der Waals surface area contributed by atoms with Crippen molar-refractivity contribution in [2.75, 3.05) is 19.8 Å². The normalized spacial score (nSPS) is 16.1. The van der Waals surface area contributed by atoms with Crippen molar-refractivity contribution in [2.24, 2.45) is 0 Å². The van der Waals surface area contributed by atoms with Crippen LogP contribution >= 0.6 is 0 Å². The Morgan fingerprint density at radius 2 is 1.84 bits per heavy atom. The molecule has 1 aromatic rings. The topological polar surface area (TPSA) is 50.7 Å². The maximum atomic E-state index is 9.26. The van der Waals surface area contributed by atoms with Crippen LogP contribution < -0.4 is 14.8 Å². The van der Waals surface area contributed by atoms with Gasteiger partial charge in [-0.2, -0.15) is 0 Å². The van der Waals surface area contributed by atoms with Crippen LogP contribution in [0.5, 0.6) is 11.5 Å². The van der Waals surface area contributed by atoms with Crippen molar-refractivity contribution in [1.29, 1.82) is 0 Å². The van der Waals surface area contributed by atoms with E-state index in [2.05, 4.69) is 12.2 Å². The monoisotopic (exact) mass is 265 g/mol. The van der Waals surface area contributed by atoms with Crippen LogP contribution in [-0.4, -0.2) is 37.0 Å². The molecule has 1 aromatic carbocycles. The van der Waals surface area contributed by atoms with Crippen molar-refractivity contribution in [1.82, 2.24) is 5.32 Å². The number of benzene rings is 1. The molecular weight excluding hydrogens is 242 g/mol. The van der Waals surface area contributed by atoms with E-state index in [0.717, 1.165) is 24.5 Å². The Hall–Kier alpha value is -1.26. The van der Waals surface area contributed by atoms with Gasteiger partial charge in [-0.15, -0.1) is 0 Å². The Kier molecular flexibility index (Phi) is 5.48. The Balaban J connectivity index is 1.74. The van der Waals surface area contributed by atoms with Gasteiger partial charge in [0, 0.05) is 6.04 Å². The first-order valence-electron chi connectivity index (χ1n) is 7.04. The van der Waals surface area contributed by atoms with Gasteiger partial charge in [-0.1, -0.05) is 6.92 Å². The van der Waals surface area contributed by atoms with Gasteiger partial charge in [0.2, 0.25) is 0 Å². The molecule has 1 aliphatic rings. The predicted octanol–water partition coefficient (Wildman–Crippen LogP) is 1.97. The second-order valence-corrected chi connectivity index (χ2v) is 4.95. The largest absolute Gasteiger partial charge is 0.494 e. The number of nitrogens with one attached hydrogen (secondary N) is 1. The standard InChI is InChI=1S/C15H23NO3/c1-2-9-18-14-5-7-15(8-6-14)19-11-13(10-17)16-12-3-4-12/h5-8,12-13,16-17H,2-4,9-11H2,1H3. The van der Waals surface area contributed by atoms with Gasteiger partial charge >= 0.3 is 0 Å². The van der Waals surface area contributed by atoms with Gasteiger partial charge < -0.3 is 19.9 Å². The van der Waals surface area contributed by atoms with Gasteiger partial charge in [0.1, 0.15) is 18.1 Å². The lowest BCUT2D eigenvalue weighted by Gasteiger charge is -2.16. The van der Waals surface area contributed by atoms with Gasteiger partial charge in [0.15, 0.2) is 0 Å². The minimum absolute atomic E-state index is 0.0171. The number of aliphatic hydroxyl groups is 1. The van der Waals surface area contributed by atoms with Crippen molar-refractivity contribution in [2.45, 2.75) is 38.3 Å². The number of ether oxygens (including phenoxy) is 2. The lowest BCUT2D eigenvalue weighted by Crippen LogP contribution is -2.39. The highest BCUT2D eigenvalue weighted by molar-refractivity contribution is 5.31. The van der Waals surface area contributed by atoms with Gasteiger partial charge in [-0.25, -0.2) is 0 Å². The molecule has 106 valence electrons. The minimum atomic E-state index is 0.0171. The summed E-state index contributed by atoms with van der Waals surface area (Å²) in [5.74, 6) is 1.67. The van der Waals surface area contributed by atoms with E-state index in [-0.39, 0.29) is 12.6 Å². The van der Waals surface area contributed by atoms with E-state index < -0.39 is 0 Å². The average molecular weight is 265 g/mol. The van der Waals surface area contributed by atoms with Crippen LogP contribution in [0.1, 0.15) is 26.2 Å². The number of aliphatic hydroxyl groups excluding tert-OH is 1. The summed E-state index contributed by atoms with van der Waals surface area (Å²) in [4.78, 5) is 0. The van der Waals surface area contributed by atoms with Crippen molar-refractivity contribution >= 4 is 0 Å². The lowest BCUT2D eigenvalue weighted by molar-refractivity contribution is 0.182. The van der Waals surface area contributed by atoms with Crippen LogP contribution in [-0.2, 0) is 0 Å². The molecular formula is C15H23NO3. The van der Waals surface area contributed by atoms with Crippen LogP contribution in [0, 0.1) is 0 Å². The molecule has 1 unspecified atom stereocenters. The van der Waals surface area contributed by atoms with E-state index in [1.165, 1.54) is 12.8 Å². The minimum Gasteiger partial charge on any atom is -0.494 e. The van der Waals surface area contributed by atoms with E-state index in [0.29, 0.717) is 12.6 Å². The molecule has 0 aliphatic heterocycles. The Bertz CT molecular complexity index is 362. The van der Waals surface area contributed by atoms with Crippen LogP contribution in [0.4, 0.5) is 0 Å². The van der Waals surface area contributed by atoms with Gasteiger partial charge in [0.25, 0.3) is 0 Å². The van der Waals surface area contributed by atoms with E-state index in [1.807, 2.05) is 24.3 Å². The summed E-state index contributed by atoms with van der Waals surface area (Å²) in [6.45, 7) is 3.41. The molecule has 0 aromatic heterocycles. The van der Waals surface area contributed by atoms with Gasteiger partial charge in [-0.05, 0) is 43.5 Å². The summed E-state index contributed by atoms with van der Waals surface area (Å²) in [6.07, 6.45) is 3.42. The highest BCUT2D eigenvalue weighted by atomic mass is 16.5. The average Bonchev–Trinajstić information content (AvgIpc) is 3.26. The number of hydrogen-bond acceptors (Lipinski definition) is 4. The second-order valence-electron chi connectivity index (χ2n) is 4.95. The van der Waals surface area contributed by atoms with E-state index in [1.54, 1.807) is 0 Å². The molecule has 0 bridgehead atoms. The highest BCUT2D eigenvalue weighted by Gasteiger charge is 2.24. The Morgan fingerprint density at radius 3 is 2.37 bits per heavy atom. The number of rotatable bonds is 9. The molecule has 1 atom stereocenters. The predicted molar refractivity (Wildman–Crippen MR) is 74.8 cm³/mol. The molecule has 4 nitrogen and oxygen atoms in total. The second kappa shape index (κ2) is 7.36. The first-order chi connectivity index (χ1) is 9.31. The van der Waals surface area contributed by atoms with Gasteiger partial charge in [0.05, 0.1) is 19.3 Å². The molecule has 2 N–H and O–H groups in total. The maximum absolute atomic E-state index is 9.26. The van der Waals surface area contributed by atoms with E-state index in [4.69, 9.17) is 9.47 Å². The Labute approximate surface area is 114 Å². The summed E-state index contributed by atoms with van der Waals surface area (Å²) in [6, 6.07) is 8.21. The molecule has 19 heavy (non-hydrogen) atoms. The van der Waals surface area contributed by atoms with E-state index in [9.17, 15) is 5.11 Å². The fourth-order valence-corrected chi connectivity index (χ4v) is 1.79. The molecule has 2 rings (SSSR count). The molecule has 0 heterocycles. The SMILES string of the molecule is CCCOc1ccc(OCC(CO)NC2CC2)cc1. The highest BCUT2D eigenvalue weighted by Crippen LogP contribution is 2.20. The molecule has 1 aliphatic carbocycles. The summed E-state index contributed by atoms with van der Waals surface area (Å²) >= 11 is 0. The van der Waals surface area contributed by atoms with Crippen molar-refractivity contribution in [3.05, 3.63) is 24.3 Å². The fourth-order valence-electron chi connectivity index (χ4n) is 1.79. The molecule has 4 heteroatoms. The maximum Gasteiger partial charge on any atom is 0.119 e. The quantitative estimate of drug-likeness (QED) is 0.716. The fraction of sp³-hybridized carbons (Fsp3) is 0.600. The van der Waals surface area contributed by atoms with E-state index >= 15 is 0 Å². The van der Waals surface area contributed by atoms with Crippen LogP contribution in [0.3, 0.4) is 0 Å². The summed E-state index contributed by atoms with van der Waals surface area (Å²) < 4.78 is 11.2. The zero-order chi connectivity index (χ0) is 13.5. The molecule has 0 saturated heterocycles. The van der Waals surface area contributed by atoms with Crippen LogP contribution in [0.15, 0.2) is 24.3 Å². The molecule has 0 amide bonds. The zero-order valence-corrected chi connectivity index (χ0v) is 11.5. The van der Waals surface area contributed by atoms with Crippen LogP contribution in [0.25, 0.3) is 0 Å². The summed E-state index contributed by atoms with van der Waals surface area (Å²) in [5.41, 5.74) is 0. The summed E-state index contributed by atoms with van der Waals surface area (Å²) in [5, 5.41) is 12.6. The number of hydrogen-bond donors (Lipinski definition) is 2. The third-order valence-corrected chi connectivity index (χ3v) is 3.02. The smallest absolute Gasteiger partial charge is 0.119 e. The molecule has 1 saturated carbocycles. The van der Waals surface area contributed by atoms with Crippen LogP contribution in [0.2, 0.25) is 0 Å². The third kappa shape index (κ3) is 5.09. The van der Waals surface area contributed by atoms with Crippen molar-refractivity contribution < 1.29 is 14.6 Å². The Morgan fingerprint density at radius 1 is 1.21 bits per heavy atom. The first-order valence-corrected chi connectivity index (χ1v) is 7.04. The molecule has 1 fully saturated rings. The molecule has 0 spiro atoms. The lowest BCUT2D eigenvalue weighted by atomic mass is 10.3. The van der Waals surface area contributed by atoms with Crippen molar-refractivity contribution in [3.8, 4) is 11.5 Å². The first kappa shape index (κ1) is 14.2. The zero-order valence-electron chi connectivity index (χ0n) is 11.5. The molecule has 0 radical (unpaired) electrons. The van der Waals surface area contributed by atoms with Crippen molar-refractivity contribution in [3.63, 3.8) is 0 Å².